The van der Waals surface area contributed by atoms with E-state index in [0.29, 0.717) is 17.0 Å². The van der Waals surface area contributed by atoms with Gasteiger partial charge >= 0.3 is 5.97 Å². The van der Waals surface area contributed by atoms with Crippen LogP contribution in [0, 0.1) is 0 Å². The molecule has 1 aromatic carbocycles. The monoisotopic (exact) mass is 255 g/mol. The Morgan fingerprint density at radius 2 is 2.06 bits per heavy atom. The molecule has 0 radical (unpaired) electrons. The molecule has 1 amide bonds. The van der Waals surface area contributed by atoms with Gasteiger partial charge in [0.15, 0.2) is 0 Å². The second kappa shape index (κ2) is 6.25. The van der Waals surface area contributed by atoms with Crippen LogP contribution in [0.4, 0.5) is 0 Å². The van der Waals surface area contributed by atoms with Gasteiger partial charge in [0.05, 0.1) is 17.7 Å². The van der Waals surface area contributed by atoms with Crippen molar-refractivity contribution in [2.24, 2.45) is 0 Å². The molecule has 0 saturated heterocycles. The van der Waals surface area contributed by atoms with Crippen molar-refractivity contribution in [3.8, 4) is 0 Å². The van der Waals surface area contributed by atoms with Crippen LogP contribution in [-0.2, 0) is 9.53 Å². The van der Waals surface area contributed by atoms with Crippen LogP contribution in [0.1, 0.15) is 23.7 Å². The van der Waals surface area contributed by atoms with Crippen molar-refractivity contribution in [2.75, 3.05) is 7.11 Å². The molecule has 0 aromatic heterocycles. The maximum absolute atomic E-state index is 11.9. The van der Waals surface area contributed by atoms with Crippen LogP contribution in [0.2, 0.25) is 5.02 Å². The first kappa shape index (κ1) is 13.5. The number of nitrogens with one attached hydrogen (secondary N) is 1. The normalized spacial score (nSPS) is 11.7. The van der Waals surface area contributed by atoms with Gasteiger partial charge in [-0.1, -0.05) is 30.7 Å². The minimum Gasteiger partial charge on any atom is -0.467 e. The highest BCUT2D eigenvalue weighted by Gasteiger charge is 2.20. The summed E-state index contributed by atoms with van der Waals surface area (Å²) in [6, 6.07) is 6.01. The quantitative estimate of drug-likeness (QED) is 0.838. The molecule has 5 heteroatoms. The fourth-order valence-corrected chi connectivity index (χ4v) is 1.57. The second-order valence-corrected chi connectivity index (χ2v) is 3.84. The van der Waals surface area contributed by atoms with Crippen LogP contribution in [0.3, 0.4) is 0 Å². The van der Waals surface area contributed by atoms with Crippen LogP contribution in [0.15, 0.2) is 24.3 Å². The van der Waals surface area contributed by atoms with Crippen LogP contribution in [-0.4, -0.2) is 25.0 Å². The molecule has 17 heavy (non-hydrogen) atoms. The van der Waals surface area contributed by atoms with E-state index in [1.54, 1.807) is 31.2 Å². The van der Waals surface area contributed by atoms with Crippen molar-refractivity contribution in [1.82, 2.24) is 5.32 Å². The van der Waals surface area contributed by atoms with E-state index in [-0.39, 0.29) is 5.91 Å². The molecule has 0 unspecified atom stereocenters. The average molecular weight is 256 g/mol. The fraction of sp³-hybridized carbons (Fsp3) is 0.333. The molecule has 1 aromatic rings. The molecule has 0 aliphatic carbocycles. The molecule has 0 aliphatic heterocycles. The number of carbonyl (C=O) groups excluding carboxylic acids is 2. The number of halogens is 1. The lowest BCUT2D eigenvalue weighted by molar-refractivity contribution is -0.142. The summed E-state index contributed by atoms with van der Waals surface area (Å²) in [5, 5.41) is 2.93. The summed E-state index contributed by atoms with van der Waals surface area (Å²) >= 11 is 5.88. The number of amides is 1. The molecule has 0 saturated carbocycles. The zero-order chi connectivity index (χ0) is 12.8. The Hall–Kier alpha value is -1.55. The van der Waals surface area contributed by atoms with Crippen molar-refractivity contribution in [3.05, 3.63) is 34.9 Å². The summed E-state index contributed by atoms with van der Waals surface area (Å²) < 4.78 is 4.58. The zero-order valence-electron chi connectivity index (χ0n) is 9.70. The highest BCUT2D eigenvalue weighted by atomic mass is 35.5. The van der Waals surface area contributed by atoms with Gasteiger partial charge in [-0.05, 0) is 18.6 Å². The van der Waals surface area contributed by atoms with Crippen molar-refractivity contribution >= 4 is 23.5 Å². The molecule has 0 spiro atoms. The molecule has 92 valence electrons. The average Bonchev–Trinajstić information content (AvgIpc) is 2.35. The molecule has 1 atom stereocenters. The molecule has 0 heterocycles. The molecule has 1 N–H and O–H groups in total. The largest absolute Gasteiger partial charge is 0.467 e. The maximum Gasteiger partial charge on any atom is 0.328 e. The molecular weight excluding hydrogens is 242 g/mol. The highest BCUT2D eigenvalue weighted by molar-refractivity contribution is 6.33. The predicted octanol–water partition coefficient (Wildman–Crippen LogP) is 2.02. The standard InChI is InChI=1S/C12H14ClNO3/c1-3-10(12(16)17-2)14-11(15)8-6-4-5-7-9(8)13/h4-7,10H,3H2,1-2H3,(H,14,15)/t10-/m0/s1. The van der Waals surface area contributed by atoms with Gasteiger partial charge in [-0.15, -0.1) is 0 Å². The van der Waals surface area contributed by atoms with Gasteiger partial charge in [-0.2, -0.15) is 0 Å². The fourth-order valence-electron chi connectivity index (χ4n) is 1.35. The van der Waals surface area contributed by atoms with E-state index in [0.717, 1.165) is 0 Å². The molecule has 1 rings (SSSR count). The van der Waals surface area contributed by atoms with Crippen LogP contribution >= 0.6 is 11.6 Å². The van der Waals surface area contributed by atoms with Gasteiger partial charge in [0.25, 0.3) is 5.91 Å². The van der Waals surface area contributed by atoms with Crippen LogP contribution in [0.5, 0.6) is 0 Å². The van der Waals surface area contributed by atoms with E-state index in [4.69, 9.17) is 11.6 Å². The van der Waals surface area contributed by atoms with Gasteiger partial charge in [0, 0.05) is 0 Å². The first-order chi connectivity index (χ1) is 8.10. The number of methoxy groups -OCH3 is 1. The number of rotatable bonds is 4. The second-order valence-electron chi connectivity index (χ2n) is 3.44. The van der Waals surface area contributed by atoms with E-state index in [1.165, 1.54) is 7.11 Å². The maximum atomic E-state index is 11.9. The number of benzene rings is 1. The summed E-state index contributed by atoms with van der Waals surface area (Å²) in [6.07, 6.45) is 0.461. The summed E-state index contributed by atoms with van der Waals surface area (Å²) in [5.41, 5.74) is 0.344. The summed E-state index contributed by atoms with van der Waals surface area (Å²) in [7, 11) is 1.28. The Labute approximate surface area is 105 Å². The molecule has 0 aliphatic rings. The zero-order valence-corrected chi connectivity index (χ0v) is 10.5. The Balaban J connectivity index is 2.78. The third-order valence-corrected chi connectivity index (χ3v) is 2.65. The first-order valence-corrected chi connectivity index (χ1v) is 5.61. The number of hydrogen-bond donors (Lipinski definition) is 1. The SMILES string of the molecule is CC[C@H](NC(=O)c1ccccc1Cl)C(=O)OC. The number of hydrogen-bond acceptors (Lipinski definition) is 3. The molecular formula is C12H14ClNO3. The van der Waals surface area contributed by atoms with E-state index < -0.39 is 12.0 Å². The Morgan fingerprint density at radius 3 is 2.59 bits per heavy atom. The van der Waals surface area contributed by atoms with E-state index >= 15 is 0 Å². The minimum absolute atomic E-state index is 0.344. The minimum atomic E-state index is -0.649. The Morgan fingerprint density at radius 1 is 1.41 bits per heavy atom. The summed E-state index contributed by atoms with van der Waals surface area (Å²) in [5.74, 6) is -0.847. The molecule has 0 fully saturated rings. The highest BCUT2D eigenvalue weighted by Crippen LogP contribution is 2.14. The van der Waals surface area contributed by atoms with E-state index in [2.05, 4.69) is 10.1 Å². The molecule has 4 nitrogen and oxygen atoms in total. The van der Waals surface area contributed by atoms with Gasteiger partial charge in [-0.25, -0.2) is 4.79 Å². The van der Waals surface area contributed by atoms with Gasteiger partial charge in [-0.3, -0.25) is 4.79 Å². The Kier molecular flexibility index (Phi) is 4.97. The van der Waals surface area contributed by atoms with Crippen LogP contribution < -0.4 is 5.32 Å². The third kappa shape index (κ3) is 3.46. The lowest BCUT2D eigenvalue weighted by atomic mass is 10.1. The predicted molar refractivity (Wildman–Crippen MR) is 65.0 cm³/mol. The summed E-state index contributed by atoms with van der Waals surface area (Å²) in [4.78, 5) is 23.2. The Bertz CT molecular complexity index is 420. The van der Waals surface area contributed by atoms with Crippen molar-refractivity contribution in [1.29, 1.82) is 0 Å². The third-order valence-electron chi connectivity index (χ3n) is 2.32. The van der Waals surface area contributed by atoms with Gasteiger partial charge in [0.1, 0.15) is 6.04 Å². The van der Waals surface area contributed by atoms with E-state index in [1.807, 2.05) is 0 Å². The summed E-state index contributed by atoms with van der Waals surface area (Å²) in [6.45, 7) is 1.79. The molecule has 0 bridgehead atoms. The van der Waals surface area contributed by atoms with E-state index in [9.17, 15) is 9.59 Å². The lowest BCUT2D eigenvalue weighted by Crippen LogP contribution is -2.41. The number of esters is 1. The van der Waals surface area contributed by atoms with Gasteiger partial charge < -0.3 is 10.1 Å². The van der Waals surface area contributed by atoms with Crippen molar-refractivity contribution in [3.63, 3.8) is 0 Å². The smallest absolute Gasteiger partial charge is 0.328 e. The topological polar surface area (TPSA) is 55.4 Å². The van der Waals surface area contributed by atoms with Crippen LogP contribution in [0.25, 0.3) is 0 Å². The van der Waals surface area contributed by atoms with Crippen molar-refractivity contribution < 1.29 is 14.3 Å². The first-order valence-electron chi connectivity index (χ1n) is 5.23. The van der Waals surface area contributed by atoms with Gasteiger partial charge in [0.2, 0.25) is 0 Å². The van der Waals surface area contributed by atoms with Crippen molar-refractivity contribution in [2.45, 2.75) is 19.4 Å². The lowest BCUT2D eigenvalue weighted by Gasteiger charge is -2.14. The number of carbonyl (C=O) groups is 2. The number of ether oxygens (including phenoxy) is 1.